The van der Waals surface area contributed by atoms with Gasteiger partial charge in [-0.05, 0) is 41.5 Å². The number of hydrogen-bond donors (Lipinski definition) is 1. The molecule has 0 radical (unpaired) electrons. The molecule has 0 bridgehead atoms. The third kappa shape index (κ3) is 3.89. The summed E-state index contributed by atoms with van der Waals surface area (Å²) >= 11 is 17.8. The highest BCUT2D eigenvalue weighted by atomic mass is 35.5. The first-order valence-corrected chi connectivity index (χ1v) is 6.67. The topological polar surface area (TPSA) is 12.0 Å². The van der Waals surface area contributed by atoms with Gasteiger partial charge in [0, 0.05) is 28.2 Å². The Morgan fingerprint density at radius 2 is 1.44 bits per heavy atom. The van der Waals surface area contributed by atoms with Crippen LogP contribution in [0.25, 0.3) is 0 Å². The zero-order chi connectivity index (χ0) is 13.0. The molecule has 0 saturated carbocycles. The average Bonchev–Trinajstić information content (AvgIpc) is 2.36. The van der Waals surface area contributed by atoms with Crippen molar-refractivity contribution in [1.82, 2.24) is 5.32 Å². The minimum atomic E-state index is 0.683. The Bertz CT molecular complexity index is 523. The fraction of sp³-hybridized carbons (Fsp3) is 0.143. The van der Waals surface area contributed by atoms with Crippen LogP contribution in [0.3, 0.4) is 0 Å². The number of nitrogens with one attached hydrogen (secondary N) is 1. The Morgan fingerprint density at radius 1 is 0.778 bits per heavy atom. The van der Waals surface area contributed by atoms with Crippen molar-refractivity contribution in [1.29, 1.82) is 0 Å². The molecule has 4 heteroatoms. The van der Waals surface area contributed by atoms with Crippen LogP contribution in [-0.2, 0) is 13.1 Å². The second kappa shape index (κ2) is 6.44. The van der Waals surface area contributed by atoms with Crippen LogP contribution in [0, 0.1) is 0 Å². The predicted octanol–water partition coefficient (Wildman–Crippen LogP) is 4.94. The summed E-state index contributed by atoms with van der Waals surface area (Å²) in [5, 5.41) is 5.49. The zero-order valence-electron chi connectivity index (χ0n) is 9.59. The first kappa shape index (κ1) is 13.7. The van der Waals surface area contributed by atoms with E-state index in [1.165, 1.54) is 5.56 Å². The van der Waals surface area contributed by atoms with Gasteiger partial charge in [0.2, 0.25) is 0 Å². The summed E-state index contributed by atoms with van der Waals surface area (Å²) in [4.78, 5) is 0. The fourth-order valence-corrected chi connectivity index (χ4v) is 2.13. The number of halogens is 3. The maximum Gasteiger partial charge on any atom is 0.0451 e. The van der Waals surface area contributed by atoms with Crippen LogP contribution in [0.15, 0.2) is 42.5 Å². The molecule has 0 aliphatic heterocycles. The zero-order valence-corrected chi connectivity index (χ0v) is 11.9. The van der Waals surface area contributed by atoms with Gasteiger partial charge >= 0.3 is 0 Å². The lowest BCUT2D eigenvalue weighted by Gasteiger charge is -2.07. The molecule has 0 heterocycles. The van der Waals surface area contributed by atoms with Crippen LogP contribution >= 0.6 is 34.8 Å². The summed E-state index contributed by atoms with van der Waals surface area (Å²) in [6.45, 7) is 1.45. The fourth-order valence-electron chi connectivity index (χ4n) is 1.62. The highest BCUT2D eigenvalue weighted by Gasteiger charge is 2.01. The molecule has 0 aliphatic carbocycles. The first-order valence-electron chi connectivity index (χ1n) is 5.54. The Labute approximate surface area is 122 Å². The Balaban J connectivity index is 1.92. The summed E-state index contributed by atoms with van der Waals surface area (Å²) in [7, 11) is 0. The minimum Gasteiger partial charge on any atom is -0.309 e. The van der Waals surface area contributed by atoms with Gasteiger partial charge < -0.3 is 5.32 Å². The molecule has 1 N–H and O–H groups in total. The van der Waals surface area contributed by atoms with E-state index in [4.69, 9.17) is 34.8 Å². The van der Waals surface area contributed by atoms with Crippen LogP contribution < -0.4 is 5.32 Å². The summed E-state index contributed by atoms with van der Waals surface area (Å²) < 4.78 is 0. The van der Waals surface area contributed by atoms with Gasteiger partial charge in [-0.3, -0.25) is 0 Å². The molecule has 0 fully saturated rings. The third-order valence-electron chi connectivity index (χ3n) is 2.57. The molecular weight excluding hydrogens is 289 g/mol. The van der Waals surface area contributed by atoms with Gasteiger partial charge in [0.05, 0.1) is 0 Å². The number of benzene rings is 2. The van der Waals surface area contributed by atoms with Crippen molar-refractivity contribution in [2.45, 2.75) is 13.1 Å². The lowest BCUT2D eigenvalue weighted by molar-refractivity contribution is 0.693. The van der Waals surface area contributed by atoms with Crippen LogP contribution in [0.2, 0.25) is 15.1 Å². The normalized spacial score (nSPS) is 10.6. The summed E-state index contributed by atoms with van der Waals surface area (Å²) in [5.74, 6) is 0. The van der Waals surface area contributed by atoms with Gasteiger partial charge in [-0.25, -0.2) is 0 Å². The average molecular weight is 301 g/mol. The molecule has 2 aromatic rings. The van der Waals surface area contributed by atoms with E-state index in [1.807, 2.05) is 36.4 Å². The third-order valence-corrected chi connectivity index (χ3v) is 3.42. The molecule has 1 nitrogen and oxygen atoms in total. The highest BCUT2D eigenvalue weighted by molar-refractivity contribution is 6.33. The minimum absolute atomic E-state index is 0.683. The van der Waals surface area contributed by atoms with Crippen LogP contribution in [0.4, 0.5) is 0 Å². The van der Waals surface area contributed by atoms with E-state index in [2.05, 4.69) is 5.32 Å². The largest absolute Gasteiger partial charge is 0.309 e. The van der Waals surface area contributed by atoms with E-state index in [1.54, 1.807) is 6.07 Å². The van der Waals surface area contributed by atoms with Gasteiger partial charge in [-0.2, -0.15) is 0 Å². The quantitative estimate of drug-likeness (QED) is 0.843. The smallest absolute Gasteiger partial charge is 0.0451 e. The molecule has 18 heavy (non-hydrogen) atoms. The van der Waals surface area contributed by atoms with Gasteiger partial charge in [-0.15, -0.1) is 0 Å². The highest BCUT2D eigenvalue weighted by Crippen LogP contribution is 2.20. The molecule has 94 valence electrons. The van der Waals surface area contributed by atoms with E-state index in [0.29, 0.717) is 11.6 Å². The van der Waals surface area contributed by atoms with Crippen LogP contribution in [0.1, 0.15) is 11.1 Å². The molecule has 0 saturated heterocycles. The number of rotatable bonds is 4. The van der Waals surface area contributed by atoms with Gasteiger partial charge in [0.1, 0.15) is 0 Å². The van der Waals surface area contributed by atoms with Crippen molar-refractivity contribution in [3.8, 4) is 0 Å². The lowest BCUT2D eigenvalue weighted by Crippen LogP contribution is -2.12. The van der Waals surface area contributed by atoms with E-state index >= 15 is 0 Å². The summed E-state index contributed by atoms with van der Waals surface area (Å²) in [6, 6.07) is 13.2. The van der Waals surface area contributed by atoms with E-state index < -0.39 is 0 Å². The molecule has 2 rings (SSSR count). The second-order valence-corrected chi connectivity index (χ2v) is 5.25. The number of hydrogen-bond acceptors (Lipinski definition) is 1. The summed E-state index contributed by atoms with van der Waals surface area (Å²) in [6.07, 6.45) is 0. The Hall–Kier alpha value is -0.730. The second-order valence-electron chi connectivity index (χ2n) is 3.97. The maximum atomic E-state index is 6.08. The van der Waals surface area contributed by atoms with Crippen LogP contribution in [0.5, 0.6) is 0 Å². The Morgan fingerprint density at radius 3 is 2.17 bits per heavy atom. The lowest BCUT2D eigenvalue weighted by atomic mass is 10.2. The van der Waals surface area contributed by atoms with E-state index in [9.17, 15) is 0 Å². The van der Waals surface area contributed by atoms with Crippen molar-refractivity contribution in [3.63, 3.8) is 0 Å². The van der Waals surface area contributed by atoms with Gasteiger partial charge in [-0.1, -0.05) is 46.9 Å². The SMILES string of the molecule is Clc1ccc(CNCc2cc(Cl)ccc2Cl)cc1. The summed E-state index contributed by atoms with van der Waals surface area (Å²) in [5.41, 5.74) is 2.18. The molecule has 0 aliphatic rings. The molecule has 0 spiro atoms. The molecular formula is C14H12Cl3N. The van der Waals surface area contributed by atoms with Crippen LogP contribution in [-0.4, -0.2) is 0 Å². The first-order chi connectivity index (χ1) is 8.65. The van der Waals surface area contributed by atoms with Gasteiger partial charge in [0.25, 0.3) is 0 Å². The van der Waals surface area contributed by atoms with E-state index in [-0.39, 0.29) is 0 Å². The van der Waals surface area contributed by atoms with Crippen molar-refractivity contribution >= 4 is 34.8 Å². The molecule has 2 aromatic carbocycles. The van der Waals surface area contributed by atoms with Crippen molar-refractivity contribution in [3.05, 3.63) is 68.7 Å². The molecule has 0 unspecified atom stereocenters. The van der Waals surface area contributed by atoms with Crippen molar-refractivity contribution < 1.29 is 0 Å². The standard InChI is InChI=1S/C14H12Cl3N/c15-12-3-1-10(2-4-12)8-18-9-11-7-13(16)5-6-14(11)17/h1-7,18H,8-9H2. The maximum absolute atomic E-state index is 6.08. The van der Waals surface area contributed by atoms with Gasteiger partial charge in [0.15, 0.2) is 0 Å². The molecule has 0 atom stereocenters. The monoisotopic (exact) mass is 299 g/mol. The van der Waals surface area contributed by atoms with Crippen molar-refractivity contribution in [2.75, 3.05) is 0 Å². The van der Waals surface area contributed by atoms with Crippen molar-refractivity contribution in [2.24, 2.45) is 0 Å². The predicted molar refractivity (Wildman–Crippen MR) is 78.5 cm³/mol. The molecule has 0 aromatic heterocycles. The molecule has 0 amide bonds. The Kier molecular flexibility index (Phi) is 4.90. The van der Waals surface area contributed by atoms with E-state index in [0.717, 1.165) is 22.2 Å².